The van der Waals surface area contributed by atoms with Crippen molar-refractivity contribution < 1.29 is 13.9 Å². The maximum atomic E-state index is 11.9. The van der Waals surface area contributed by atoms with E-state index in [4.69, 9.17) is 9.15 Å². The second-order valence-corrected chi connectivity index (χ2v) is 5.55. The topological polar surface area (TPSA) is 39.4 Å². The zero-order valence-electron chi connectivity index (χ0n) is 11.5. The van der Waals surface area contributed by atoms with Crippen molar-refractivity contribution >= 4 is 16.9 Å². The van der Waals surface area contributed by atoms with Crippen molar-refractivity contribution in [3.63, 3.8) is 0 Å². The number of furan rings is 1. The summed E-state index contributed by atoms with van der Waals surface area (Å²) in [6, 6.07) is 5.76. The predicted molar refractivity (Wildman–Crippen MR) is 70.9 cm³/mol. The van der Waals surface area contributed by atoms with E-state index in [0.717, 1.165) is 22.1 Å². The Morgan fingerprint density at radius 3 is 2.33 bits per heavy atom. The van der Waals surface area contributed by atoms with Gasteiger partial charge in [-0.1, -0.05) is 12.1 Å². The van der Waals surface area contributed by atoms with Gasteiger partial charge in [-0.2, -0.15) is 0 Å². The standard InChI is InChI=1S/C15H18O3/c1-9-6-7-10(2)13-11(9)8-12(17-13)14(16)18-15(3,4)5/h6-8H,1-5H3. The fourth-order valence-corrected chi connectivity index (χ4v) is 1.82. The van der Waals surface area contributed by atoms with Crippen LogP contribution in [0.2, 0.25) is 0 Å². The van der Waals surface area contributed by atoms with E-state index < -0.39 is 11.6 Å². The van der Waals surface area contributed by atoms with Gasteiger partial charge >= 0.3 is 5.97 Å². The number of hydrogen-bond acceptors (Lipinski definition) is 3. The first-order valence-electron chi connectivity index (χ1n) is 6.01. The van der Waals surface area contributed by atoms with Crippen LogP contribution in [0.15, 0.2) is 22.6 Å². The molecule has 0 atom stereocenters. The van der Waals surface area contributed by atoms with Gasteiger partial charge in [-0.15, -0.1) is 0 Å². The number of esters is 1. The van der Waals surface area contributed by atoms with Crippen LogP contribution in [0, 0.1) is 13.8 Å². The third-order valence-corrected chi connectivity index (χ3v) is 2.70. The molecule has 96 valence electrons. The summed E-state index contributed by atoms with van der Waals surface area (Å²) in [5.74, 6) is -0.158. The molecule has 3 nitrogen and oxygen atoms in total. The number of hydrogen-bond donors (Lipinski definition) is 0. The lowest BCUT2D eigenvalue weighted by atomic mass is 10.1. The molecule has 18 heavy (non-hydrogen) atoms. The Morgan fingerprint density at radius 1 is 1.17 bits per heavy atom. The van der Waals surface area contributed by atoms with Gasteiger partial charge in [0.2, 0.25) is 5.76 Å². The van der Waals surface area contributed by atoms with E-state index in [0.29, 0.717) is 0 Å². The Balaban J connectivity index is 2.45. The Kier molecular flexibility index (Phi) is 2.93. The predicted octanol–water partition coefficient (Wildman–Crippen LogP) is 4.00. The highest BCUT2D eigenvalue weighted by atomic mass is 16.6. The molecule has 0 aliphatic carbocycles. The first kappa shape index (κ1) is 12.7. The Bertz CT molecular complexity index is 561. The van der Waals surface area contributed by atoms with Gasteiger partial charge in [0.15, 0.2) is 0 Å². The average molecular weight is 246 g/mol. The van der Waals surface area contributed by atoms with Gasteiger partial charge in [0.05, 0.1) is 0 Å². The van der Waals surface area contributed by atoms with E-state index in [1.165, 1.54) is 0 Å². The number of benzene rings is 1. The molecular weight excluding hydrogens is 228 g/mol. The molecule has 0 unspecified atom stereocenters. The molecule has 2 rings (SSSR count). The van der Waals surface area contributed by atoms with E-state index in [9.17, 15) is 4.79 Å². The second-order valence-electron chi connectivity index (χ2n) is 5.55. The fourth-order valence-electron chi connectivity index (χ4n) is 1.82. The van der Waals surface area contributed by atoms with E-state index in [1.54, 1.807) is 6.07 Å². The van der Waals surface area contributed by atoms with Crippen molar-refractivity contribution in [2.24, 2.45) is 0 Å². The van der Waals surface area contributed by atoms with Gasteiger partial charge in [-0.05, 0) is 51.8 Å². The van der Waals surface area contributed by atoms with E-state index in [1.807, 2.05) is 46.8 Å². The molecule has 0 saturated carbocycles. The van der Waals surface area contributed by atoms with Crippen molar-refractivity contribution in [3.05, 3.63) is 35.1 Å². The Morgan fingerprint density at radius 2 is 1.78 bits per heavy atom. The third-order valence-electron chi connectivity index (χ3n) is 2.70. The van der Waals surface area contributed by atoms with Crippen LogP contribution in [0.1, 0.15) is 42.5 Å². The molecule has 0 saturated heterocycles. The van der Waals surface area contributed by atoms with Crippen LogP contribution in [0.25, 0.3) is 11.0 Å². The summed E-state index contributed by atoms with van der Waals surface area (Å²) in [7, 11) is 0. The highest BCUT2D eigenvalue weighted by molar-refractivity contribution is 5.94. The number of ether oxygens (including phenoxy) is 1. The van der Waals surface area contributed by atoms with Crippen LogP contribution < -0.4 is 0 Å². The Labute approximate surface area is 107 Å². The molecule has 0 radical (unpaired) electrons. The molecule has 0 fully saturated rings. The molecule has 0 aliphatic heterocycles. The molecule has 0 spiro atoms. The summed E-state index contributed by atoms with van der Waals surface area (Å²) >= 11 is 0. The number of aryl methyl sites for hydroxylation is 2. The van der Waals surface area contributed by atoms with Crippen molar-refractivity contribution in [3.8, 4) is 0 Å². The summed E-state index contributed by atoms with van der Waals surface area (Å²) in [5.41, 5.74) is 2.36. The lowest BCUT2D eigenvalue weighted by molar-refractivity contribution is 0.00382. The monoisotopic (exact) mass is 246 g/mol. The number of rotatable bonds is 1. The first-order chi connectivity index (χ1) is 8.28. The molecule has 0 N–H and O–H groups in total. The lowest BCUT2D eigenvalue weighted by Gasteiger charge is -2.18. The number of carbonyl (C=O) groups excluding carboxylic acids is 1. The molecule has 1 heterocycles. The molecule has 2 aromatic rings. The zero-order valence-corrected chi connectivity index (χ0v) is 11.5. The highest BCUT2D eigenvalue weighted by Crippen LogP contribution is 2.27. The third kappa shape index (κ3) is 2.40. The quantitative estimate of drug-likeness (QED) is 0.714. The van der Waals surface area contributed by atoms with Crippen molar-refractivity contribution in [1.82, 2.24) is 0 Å². The zero-order chi connectivity index (χ0) is 13.5. The van der Waals surface area contributed by atoms with E-state index >= 15 is 0 Å². The maximum absolute atomic E-state index is 11.9. The molecule has 3 heteroatoms. The second kappa shape index (κ2) is 4.16. The van der Waals surface area contributed by atoms with Crippen molar-refractivity contribution in [2.45, 2.75) is 40.2 Å². The summed E-state index contributed by atoms with van der Waals surface area (Å²) in [4.78, 5) is 11.9. The lowest BCUT2D eigenvalue weighted by Crippen LogP contribution is -2.23. The molecule has 1 aromatic heterocycles. The van der Waals surface area contributed by atoms with E-state index in [-0.39, 0.29) is 5.76 Å². The molecule has 0 aliphatic rings. The minimum atomic E-state index is -0.514. The van der Waals surface area contributed by atoms with Crippen LogP contribution in [-0.2, 0) is 4.74 Å². The molecule has 0 amide bonds. The van der Waals surface area contributed by atoms with E-state index in [2.05, 4.69) is 0 Å². The van der Waals surface area contributed by atoms with Gasteiger partial charge in [-0.25, -0.2) is 4.79 Å². The van der Waals surface area contributed by atoms with Crippen LogP contribution in [0.4, 0.5) is 0 Å². The smallest absolute Gasteiger partial charge is 0.374 e. The first-order valence-corrected chi connectivity index (χ1v) is 6.01. The van der Waals surface area contributed by atoms with Crippen LogP contribution in [-0.4, -0.2) is 11.6 Å². The number of fused-ring (bicyclic) bond motifs is 1. The normalized spacial score (nSPS) is 11.8. The fraction of sp³-hybridized carbons (Fsp3) is 0.400. The molecule has 1 aromatic carbocycles. The SMILES string of the molecule is Cc1ccc(C)c2oc(C(=O)OC(C)(C)C)cc12. The number of carbonyl (C=O) groups is 1. The summed E-state index contributed by atoms with van der Waals surface area (Å²) in [6.45, 7) is 9.47. The van der Waals surface area contributed by atoms with Gasteiger partial charge < -0.3 is 9.15 Å². The minimum absolute atomic E-state index is 0.261. The summed E-state index contributed by atoms with van der Waals surface area (Å²) in [6.07, 6.45) is 0. The molecular formula is C15H18O3. The summed E-state index contributed by atoms with van der Waals surface area (Å²) < 4.78 is 10.9. The highest BCUT2D eigenvalue weighted by Gasteiger charge is 2.21. The minimum Gasteiger partial charge on any atom is -0.454 e. The van der Waals surface area contributed by atoms with Crippen LogP contribution in [0.3, 0.4) is 0 Å². The van der Waals surface area contributed by atoms with Crippen LogP contribution in [0.5, 0.6) is 0 Å². The van der Waals surface area contributed by atoms with Gasteiger partial charge in [0.1, 0.15) is 11.2 Å². The average Bonchev–Trinajstić information content (AvgIpc) is 2.67. The Hall–Kier alpha value is -1.77. The van der Waals surface area contributed by atoms with Crippen LogP contribution >= 0.6 is 0 Å². The summed E-state index contributed by atoms with van der Waals surface area (Å²) in [5, 5.41) is 0.968. The van der Waals surface area contributed by atoms with Gasteiger partial charge in [0, 0.05) is 5.39 Å². The largest absolute Gasteiger partial charge is 0.454 e. The maximum Gasteiger partial charge on any atom is 0.374 e. The van der Waals surface area contributed by atoms with Crippen molar-refractivity contribution in [1.29, 1.82) is 0 Å². The van der Waals surface area contributed by atoms with Gasteiger partial charge in [0.25, 0.3) is 0 Å². The van der Waals surface area contributed by atoms with Gasteiger partial charge in [-0.3, -0.25) is 0 Å². The molecule has 0 bridgehead atoms. The van der Waals surface area contributed by atoms with Crippen molar-refractivity contribution in [2.75, 3.05) is 0 Å².